The fourth-order valence-corrected chi connectivity index (χ4v) is 5.35. The van der Waals surface area contributed by atoms with Crippen LogP contribution in [0.15, 0.2) is 53.8 Å². The Labute approximate surface area is 167 Å². The predicted molar refractivity (Wildman–Crippen MR) is 103 cm³/mol. The van der Waals surface area contributed by atoms with Gasteiger partial charge in [-0.1, -0.05) is 6.07 Å². The van der Waals surface area contributed by atoms with Crippen LogP contribution in [-0.2, 0) is 16.6 Å². The molecule has 1 aromatic carbocycles. The van der Waals surface area contributed by atoms with Crippen molar-refractivity contribution in [1.29, 1.82) is 0 Å². The van der Waals surface area contributed by atoms with Gasteiger partial charge in [-0.05, 0) is 49.6 Å². The molecule has 0 bridgehead atoms. The zero-order valence-corrected chi connectivity index (χ0v) is 16.6. The lowest BCUT2D eigenvalue weighted by molar-refractivity contribution is 0.373. The zero-order chi connectivity index (χ0) is 20.6. The summed E-state index contributed by atoms with van der Waals surface area (Å²) in [5.74, 6) is -1.63. The van der Waals surface area contributed by atoms with Crippen LogP contribution in [-0.4, -0.2) is 33.8 Å². The highest BCUT2D eigenvalue weighted by Crippen LogP contribution is 2.36. The Morgan fingerprint density at radius 1 is 1.17 bits per heavy atom. The van der Waals surface area contributed by atoms with E-state index in [1.165, 1.54) is 4.31 Å². The lowest BCUT2D eigenvalue weighted by Gasteiger charge is -2.25. The molecule has 0 amide bonds. The Bertz CT molecular complexity index is 1130. The summed E-state index contributed by atoms with van der Waals surface area (Å²) < 4.78 is 56.5. The van der Waals surface area contributed by atoms with Gasteiger partial charge < -0.3 is 4.57 Å². The first-order valence-corrected chi connectivity index (χ1v) is 10.7. The van der Waals surface area contributed by atoms with Gasteiger partial charge in [0.05, 0.1) is 17.5 Å². The van der Waals surface area contributed by atoms with Gasteiger partial charge in [0.15, 0.2) is 11.6 Å². The van der Waals surface area contributed by atoms with Gasteiger partial charge in [-0.2, -0.15) is 4.31 Å². The number of rotatable bonds is 5. The van der Waals surface area contributed by atoms with E-state index in [2.05, 4.69) is 9.97 Å². The van der Waals surface area contributed by atoms with Crippen LogP contribution in [0.2, 0.25) is 0 Å². The molecule has 0 saturated carbocycles. The number of aryl methyl sites for hydroxylation is 1. The Balaban J connectivity index is 1.70. The van der Waals surface area contributed by atoms with Gasteiger partial charge in [0.25, 0.3) is 0 Å². The molecule has 1 fully saturated rings. The molecule has 0 N–H and O–H groups in total. The number of halogens is 2. The Morgan fingerprint density at radius 3 is 2.72 bits per heavy atom. The molecule has 29 heavy (non-hydrogen) atoms. The van der Waals surface area contributed by atoms with Crippen LogP contribution in [0.4, 0.5) is 8.78 Å². The molecule has 0 radical (unpaired) electrons. The molecule has 1 saturated heterocycles. The van der Waals surface area contributed by atoms with Gasteiger partial charge in [0.2, 0.25) is 10.0 Å². The van der Waals surface area contributed by atoms with Crippen molar-refractivity contribution in [2.45, 2.75) is 37.2 Å². The summed E-state index contributed by atoms with van der Waals surface area (Å²) in [4.78, 5) is 8.35. The minimum Gasteiger partial charge on any atom is -0.327 e. The molecule has 1 aliphatic rings. The van der Waals surface area contributed by atoms with Gasteiger partial charge in [0.1, 0.15) is 5.82 Å². The Morgan fingerprint density at radius 2 is 2.00 bits per heavy atom. The maximum Gasteiger partial charge on any atom is 0.243 e. The first-order chi connectivity index (χ1) is 13.9. The number of pyridine rings is 1. The largest absolute Gasteiger partial charge is 0.327 e. The van der Waals surface area contributed by atoms with E-state index < -0.39 is 27.7 Å². The quantitative estimate of drug-likeness (QED) is 0.637. The van der Waals surface area contributed by atoms with Crippen LogP contribution in [0.5, 0.6) is 0 Å². The van der Waals surface area contributed by atoms with Gasteiger partial charge in [-0.15, -0.1) is 0 Å². The minimum absolute atomic E-state index is 0.259. The number of sulfonamides is 1. The number of imidazole rings is 1. The molecule has 9 heteroatoms. The van der Waals surface area contributed by atoms with E-state index in [1.807, 2.05) is 23.6 Å². The molecule has 1 unspecified atom stereocenters. The van der Waals surface area contributed by atoms with Gasteiger partial charge >= 0.3 is 0 Å². The monoisotopic (exact) mass is 418 g/mol. The number of nitrogens with zero attached hydrogens (tertiary/aromatic N) is 4. The maximum atomic E-state index is 13.6. The van der Waals surface area contributed by atoms with Gasteiger partial charge in [-0.25, -0.2) is 22.2 Å². The van der Waals surface area contributed by atoms with Crippen LogP contribution in [0.25, 0.3) is 0 Å². The highest BCUT2D eigenvalue weighted by Gasteiger charge is 2.39. The Hall–Kier alpha value is -2.65. The lowest BCUT2D eigenvalue weighted by Crippen LogP contribution is -2.32. The van der Waals surface area contributed by atoms with Crippen molar-refractivity contribution in [3.8, 4) is 0 Å². The normalized spacial score (nSPS) is 17.7. The van der Waals surface area contributed by atoms with E-state index in [1.54, 1.807) is 18.6 Å². The third-order valence-electron chi connectivity index (χ3n) is 5.15. The van der Waals surface area contributed by atoms with Crippen molar-refractivity contribution in [2.75, 3.05) is 6.54 Å². The van der Waals surface area contributed by atoms with Crippen molar-refractivity contribution in [3.05, 3.63) is 77.6 Å². The summed E-state index contributed by atoms with van der Waals surface area (Å²) in [5, 5.41) is 0. The standard InChI is InChI=1S/C20H20F2N4O2S/c1-14-11-24-20(25(14)13-15-4-2-8-23-12-15)19-5-3-9-26(19)29(27,28)16-6-7-17(21)18(22)10-16/h2,4,6-8,10-12,19H,3,5,9,13H2,1H3. The third-order valence-corrected chi connectivity index (χ3v) is 7.05. The number of aromatic nitrogens is 3. The molecule has 0 spiro atoms. The molecule has 1 atom stereocenters. The van der Waals surface area contributed by atoms with Crippen LogP contribution < -0.4 is 0 Å². The average molecular weight is 418 g/mol. The number of hydrogen-bond donors (Lipinski definition) is 0. The fourth-order valence-electron chi connectivity index (χ4n) is 3.68. The van der Waals surface area contributed by atoms with Crippen molar-refractivity contribution in [2.24, 2.45) is 0 Å². The van der Waals surface area contributed by atoms with Crippen LogP contribution in [0.1, 0.15) is 36.0 Å². The minimum atomic E-state index is -3.99. The SMILES string of the molecule is Cc1cnc(C2CCCN2S(=O)(=O)c2ccc(F)c(F)c2)n1Cc1cccnc1. The zero-order valence-electron chi connectivity index (χ0n) is 15.8. The first-order valence-electron chi connectivity index (χ1n) is 9.26. The third kappa shape index (κ3) is 3.67. The second-order valence-electron chi connectivity index (χ2n) is 7.05. The van der Waals surface area contributed by atoms with Crippen LogP contribution in [0.3, 0.4) is 0 Å². The van der Waals surface area contributed by atoms with Crippen molar-refractivity contribution >= 4 is 10.0 Å². The van der Waals surface area contributed by atoms with Crippen LogP contribution >= 0.6 is 0 Å². The van der Waals surface area contributed by atoms with Crippen LogP contribution in [0, 0.1) is 18.6 Å². The summed E-state index contributed by atoms with van der Waals surface area (Å²) in [7, 11) is -3.99. The molecule has 1 aliphatic heterocycles. The van der Waals surface area contributed by atoms with E-state index in [9.17, 15) is 17.2 Å². The van der Waals surface area contributed by atoms with Gasteiger partial charge in [0, 0.05) is 30.8 Å². The van der Waals surface area contributed by atoms with Crippen molar-refractivity contribution in [3.63, 3.8) is 0 Å². The summed E-state index contributed by atoms with van der Waals surface area (Å²) >= 11 is 0. The van der Waals surface area contributed by atoms with E-state index in [4.69, 9.17) is 0 Å². The number of benzene rings is 1. The molecule has 4 rings (SSSR count). The second-order valence-corrected chi connectivity index (χ2v) is 8.95. The smallest absolute Gasteiger partial charge is 0.243 e. The molecule has 3 aromatic rings. The number of hydrogen-bond acceptors (Lipinski definition) is 4. The highest BCUT2D eigenvalue weighted by atomic mass is 32.2. The lowest BCUT2D eigenvalue weighted by atomic mass is 10.2. The first kappa shape index (κ1) is 19.7. The predicted octanol–water partition coefficient (Wildman–Crippen LogP) is 3.44. The summed E-state index contributed by atoms with van der Waals surface area (Å²) in [6.45, 7) is 2.73. The molecule has 0 aliphatic carbocycles. The maximum absolute atomic E-state index is 13.6. The topological polar surface area (TPSA) is 68.1 Å². The molecule has 152 valence electrons. The second kappa shape index (κ2) is 7.64. The van der Waals surface area contributed by atoms with E-state index in [-0.39, 0.29) is 4.90 Å². The summed E-state index contributed by atoms with van der Waals surface area (Å²) in [6.07, 6.45) is 6.43. The molecular formula is C20H20F2N4O2S. The van der Waals surface area contributed by atoms with Gasteiger partial charge in [-0.3, -0.25) is 4.98 Å². The molecule has 3 heterocycles. The van der Waals surface area contributed by atoms with E-state index >= 15 is 0 Å². The summed E-state index contributed by atoms with van der Waals surface area (Å²) in [5.41, 5.74) is 1.88. The Kier molecular flexibility index (Phi) is 5.18. The molecular weight excluding hydrogens is 398 g/mol. The fraction of sp³-hybridized carbons (Fsp3) is 0.300. The molecule has 2 aromatic heterocycles. The highest BCUT2D eigenvalue weighted by molar-refractivity contribution is 7.89. The van der Waals surface area contributed by atoms with E-state index in [0.717, 1.165) is 29.5 Å². The van der Waals surface area contributed by atoms with Crippen molar-refractivity contribution in [1.82, 2.24) is 18.8 Å². The van der Waals surface area contributed by atoms with E-state index in [0.29, 0.717) is 31.8 Å². The average Bonchev–Trinajstić information content (AvgIpc) is 3.32. The molecule has 6 nitrogen and oxygen atoms in total. The summed E-state index contributed by atoms with van der Waals surface area (Å²) in [6, 6.07) is 5.97. The van der Waals surface area contributed by atoms with Crippen molar-refractivity contribution < 1.29 is 17.2 Å².